The van der Waals surface area contributed by atoms with Crippen molar-refractivity contribution in [1.82, 2.24) is 20.1 Å². The molecule has 2 aromatic rings. The van der Waals surface area contributed by atoms with Crippen LogP contribution in [-0.4, -0.2) is 26.4 Å². The molecule has 1 heterocycles. The van der Waals surface area contributed by atoms with Crippen LogP contribution in [0.1, 0.15) is 43.9 Å². The number of hydrogen-bond donors (Lipinski definition) is 2. The van der Waals surface area contributed by atoms with Crippen molar-refractivity contribution >= 4 is 17.7 Å². The molecule has 2 rings (SSSR count). The highest BCUT2D eigenvalue weighted by Gasteiger charge is 2.15. The number of aryl methyl sites for hydroxylation is 1. The standard InChI is InChI=1S/C17H24N4O2S/c1-4-10-21-16(23)19-20-17(21)24-11-15(22)18-14(5-2)13-8-6-12(3)7-9-13/h6-9,14H,4-5,10-11H2,1-3H3,(H,18,22)(H,19,23)/t14-/m0/s1. The molecule has 7 heteroatoms. The smallest absolute Gasteiger partial charge is 0.343 e. The van der Waals surface area contributed by atoms with Crippen LogP contribution in [-0.2, 0) is 11.3 Å². The monoisotopic (exact) mass is 348 g/mol. The second kappa shape index (κ2) is 8.73. The molecule has 24 heavy (non-hydrogen) atoms. The minimum Gasteiger partial charge on any atom is -0.349 e. The van der Waals surface area contributed by atoms with Gasteiger partial charge in [0.05, 0.1) is 11.8 Å². The largest absolute Gasteiger partial charge is 0.349 e. The van der Waals surface area contributed by atoms with Crippen molar-refractivity contribution in [2.75, 3.05) is 5.75 Å². The third-order valence-electron chi connectivity index (χ3n) is 3.73. The molecule has 0 unspecified atom stereocenters. The number of benzene rings is 1. The van der Waals surface area contributed by atoms with Crippen LogP contribution in [0.3, 0.4) is 0 Å². The van der Waals surface area contributed by atoms with E-state index in [0.717, 1.165) is 18.4 Å². The Kier molecular flexibility index (Phi) is 6.66. The number of thioether (sulfide) groups is 1. The maximum Gasteiger partial charge on any atom is 0.343 e. The lowest BCUT2D eigenvalue weighted by molar-refractivity contribution is -0.119. The molecule has 1 aromatic carbocycles. The number of nitrogens with zero attached hydrogens (tertiary/aromatic N) is 2. The molecule has 130 valence electrons. The average molecular weight is 348 g/mol. The number of nitrogens with one attached hydrogen (secondary N) is 2. The van der Waals surface area contributed by atoms with Crippen molar-refractivity contribution in [1.29, 1.82) is 0 Å². The zero-order valence-corrected chi connectivity index (χ0v) is 15.2. The minimum atomic E-state index is -0.231. The van der Waals surface area contributed by atoms with E-state index in [1.54, 1.807) is 4.57 Å². The molecular weight excluding hydrogens is 324 g/mol. The third-order valence-corrected chi connectivity index (χ3v) is 4.70. The Morgan fingerprint density at radius 3 is 2.67 bits per heavy atom. The molecule has 0 aliphatic carbocycles. The zero-order chi connectivity index (χ0) is 17.5. The SMILES string of the molecule is CCCn1c(SCC(=O)N[C@@H](CC)c2ccc(C)cc2)n[nH]c1=O. The summed E-state index contributed by atoms with van der Waals surface area (Å²) in [6, 6.07) is 8.18. The molecule has 0 bridgehead atoms. The zero-order valence-electron chi connectivity index (χ0n) is 14.3. The highest BCUT2D eigenvalue weighted by Crippen LogP contribution is 2.18. The van der Waals surface area contributed by atoms with Crippen molar-refractivity contribution in [3.8, 4) is 0 Å². The van der Waals surface area contributed by atoms with E-state index in [1.165, 1.54) is 17.3 Å². The molecule has 0 spiro atoms. The number of aromatic nitrogens is 3. The number of aromatic amines is 1. The molecule has 0 saturated carbocycles. The maximum absolute atomic E-state index is 12.2. The summed E-state index contributed by atoms with van der Waals surface area (Å²) in [6.07, 6.45) is 1.66. The summed E-state index contributed by atoms with van der Waals surface area (Å²) >= 11 is 1.27. The number of rotatable bonds is 8. The normalized spacial score (nSPS) is 12.1. The molecule has 0 fully saturated rings. The molecule has 6 nitrogen and oxygen atoms in total. The van der Waals surface area contributed by atoms with Crippen molar-refractivity contribution in [3.63, 3.8) is 0 Å². The fourth-order valence-corrected chi connectivity index (χ4v) is 3.20. The summed E-state index contributed by atoms with van der Waals surface area (Å²) in [7, 11) is 0. The van der Waals surface area contributed by atoms with Gasteiger partial charge in [0.25, 0.3) is 0 Å². The van der Waals surface area contributed by atoms with Gasteiger partial charge in [-0.2, -0.15) is 0 Å². The van der Waals surface area contributed by atoms with Crippen LogP contribution >= 0.6 is 11.8 Å². The molecule has 0 aliphatic heterocycles. The average Bonchev–Trinajstić information content (AvgIpc) is 2.92. The van der Waals surface area contributed by atoms with Gasteiger partial charge in [0.1, 0.15) is 0 Å². The van der Waals surface area contributed by atoms with Gasteiger partial charge < -0.3 is 5.32 Å². The van der Waals surface area contributed by atoms with Gasteiger partial charge in [0, 0.05) is 6.54 Å². The summed E-state index contributed by atoms with van der Waals surface area (Å²) in [5, 5.41) is 10.0. The highest BCUT2D eigenvalue weighted by atomic mass is 32.2. The van der Waals surface area contributed by atoms with Gasteiger partial charge >= 0.3 is 5.69 Å². The Hall–Kier alpha value is -2.02. The lowest BCUT2D eigenvalue weighted by Crippen LogP contribution is -2.29. The van der Waals surface area contributed by atoms with Crippen LogP contribution in [0.2, 0.25) is 0 Å². The first-order valence-corrected chi connectivity index (χ1v) is 9.17. The maximum atomic E-state index is 12.2. The van der Waals surface area contributed by atoms with E-state index in [4.69, 9.17) is 0 Å². The Bertz CT molecular complexity index is 721. The topological polar surface area (TPSA) is 79.8 Å². The van der Waals surface area contributed by atoms with Gasteiger partial charge in [0.15, 0.2) is 5.16 Å². The Morgan fingerprint density at radius 2 is 2.04 bits per heavy atom. The van der Waals surface area contributed by atoms with Crippen molar-refractivity contribution in [3.05, 3.63) is 45.9 Å². The van der Waals surface area contributed by atoms with E-state index < -0.39 is 0 Å². The summed E-state index contributed by atoms with van der Waals surface area (Å²) < 4.78 is 1.56. The van der Waals surface area contributed by atoms with E-state index in [1.807, 2.05) is 45.0 Å². The lowest BCUT2D eigenvalue weighted by atomic mass is 10.0. The van der Waals surface area contributed by atoms with Crippen LogP contribution in [0.4, 0.5) is 0 Å². The number of carbonyl (C=O) groups excluding carboxylic acids is 1. The van der Waals surface area contributed by atoms with Gasteiger partial charge in [0.2, 0.25) is 5.91 Å². The predicted molar refractivity (Wildman–Crippen MR) is 96.2 cm³/mol. The first-order valence-electron chi connectivity index (χ1n) is 8.19. The van der Waals surface area contributed by atoms with Crippen molar-refractivity contribution in [2.24, 2.45) is 0 Å². The van der Waals surface area contributed by atoms with Gasteiger partial charge in [-0.15, -0.1) is 5.10 Å². The third kappa shape index (κ3) is 4.74. The van der Waals surface area contributed by atoms with E-state index in [9.17, 15) is 9.59 Å². The van der Waals surface area contributed by atoms with E-state index in [0.29, 0.717) is 11.7 Å². The number of carbonyl (C=O) groups is 1. The van der Waals surface area contributed by atoms with Crippen LogP contribution < -0.4 is 11.0 Å². The summed E-state index contributed by atoms with van der Waals surface area (Å²) in [5.74, 6) is 0.169. The molecule has 1 aromatic heterocycles. The second-order valence-corrected chi connectivity index (χ2v) is 6.63. The van der Waals surface area contributed by atoms with Crippen LogP contribution in [0, 0.1) is 6.92 Å². The quantitative estimate of drug-likeness (QED) is 0.719. The fourth-order valence-electron chi connectivity index (χ4n) is 2.42. The molecule has 0 aliphatic rings. The van der Waals surface area contributed by atoms with Crippen LogP contribution in [0.25, 0.3) is 0 Å². The molecule has 0 radical (unpaired) electrons. The summed E-state index contributed by atoms with van der Waals surface area (Å²) in [5.41, 5.74) is 2.07. The van der Waals surface area contributed by atoms with Crippen LogP contribution in [0.5, 0.6) is 0 Å². The van der Waals surface area contributed by atoms with E-state index in [-0.39, 0.29) is 23.4 Å². The Morgan fingerprint density at radius 1 is 1.33 bits per heavy atom. The van der Waals surface area contributed by atoms with E-state index in [2.05, 4.69) is 15.5 Å². The van der Waals surface area contributed by atoms with Crippen molar-refractivity contribution < 1.29 is 4.79 Å². The first-order chi connectivity index (χ1) is 11.5. The fraction of sp³-hybridized carbons (Fsp3) is 0.471. The molecular formula is C17H24N4O2S. The van der Waals surface area contributed by atoms with Crippen LogP contribution in [0.15, 0.2) is 34.2 Å². The van der Waals surface area contributed by atoms with E-state index >= 15 is 0 Å². The number of hydrogen-bond acceptors (Lipinski definition) is 4. The predicted octanol–water partition coefficient (Wildman–Crippen LogP) is 2.65. The number of amides is 1. The minimum absolute atomic E-state index is 0.00396. The summed E-state index contributed by atoms with van der Waals surface area (Å²) in [4.78, 5) is 23.9. The van der Waals surface area contributed by atoms with Gasteiger partial charge in [-0.05, 0) is 25.3 Å². The van der Waals surface area contributed by atoms with Crippen molar-refractivity contribution in [2.45, 2.75) is 51.4 Å². The molecule has 0 saturated heterocycles. The Balaban J connectivity index is 1.95. The second-order valence-electron chi connectivity index (χ2n) is 5.69. The lowest BCUT2D eigenvalue weighted by Gasteiger charge is -2.17. The molecule has 1 atom stereocenters. The number of H-pyrrole nitrogens is 1. The van der Waals surface area contributed by atoms with Gasteiger partial charge in [-0.3, -0.25) is 9.36 Å². The molecule has 2 N–H and O–H groups in total. The highest BCUT2D eigenvalue weighted by molar-refractivity contribution is 7.99. The molecule has 1 amide bonds. The first kappa shape index (κ1) is 18.3. The van der Waals surface area contributed by atoms with Gasteiger partial charge in [-0.25, -0.2) is 9.89 Å². The van der Waals surface area contributed by atoms with Gasteiger partial charge in [-0.1, -0.05) is 55.4 Å². The Labute approximate surface area is 146 Å². The summed E-state index contributed by atoms with van der Waals surface area (Å²) in [6.45, 7) is 6.68.